The molecule has 0 aliphatic carbocycles. The minimum Gasteiger partial charge on any atom is -0.506 e. The molecule has 2 heterocycles. The Morgan fingerprint density at radius 1 is 1.30 bits per heavy atom. The van der Waals surface area contributed by atoms with Gasteiger partial charge in [-0.2, -0.15) is 5.26 Å². The molecule has 1 saturated heterocycles. The first-order chi connectivity index (χ1) is 9.27. The fraction of sp³-hybridized carbons (Fsp3) is 0.571. The highest BCUT2D eigenvalue weighted by Gasteiger charge is 2.52. The molecule has 1 fully saturated rings. The van der Waals surface area contributed by atoms with Crippen molar-refractivity contribution in [2.45, 2.75) is 51.7 Å². The van der Waals surface area contributed by atoms with Crippen LogP contribution in [0.15, 0.2) is 12.3 Å². The Labute approximate surface area is 119 Å². The first-order valence-electron chi connectivity index (χ1n) is 6.67. The molecule has 0 amide bonds. The third-order valence-corrected chi connectivity index (χ3v) is 3.97. The van der Waals surface area contributed by atoms with Gasteiger partial charge < -0.3 is 14.4 Å². The van der Waals surface area contributed by atoms with E-state index in [-0.39, 0.29) is 5.75 Å². The SMILES string of the molecule is CC1(C)OB(c2ncc(O)cc2CCC#N)OC1(C)C. The van der Waals surface area contributed by atoms with Gasteiger partial charge in [0.25, 0.3) is 0 Å². The highest BCUT2D eigenvalue weighted by molar-refractivity contribution is 6.61. The number of aromatic hydroxyl groups is 1. The average molecular weight is 274 g/mol. The maximum absolute atomic E-state index is 9.56. The molecule has 0 unspecified atom stereocenters. The summed E-state index contributed by atoms with van der Waals surface area (Å²) in [5, 5.41) is 18.3. The fourth-order valence-corrected chi connectivity index (χ4v) is 2.07. The van der Waals surface area contributed by atoms with Crippen LogP contribution in [0.2, 0.25) is 0 Å². The second-order valence-corrected chi connectivity index (χ2v) is 5.98. The van der Waals surface area contributed by atoms with Crippen molar-refractivity contribution >= 4 is 12.7 Å². The molecule has 0 spiro atoms. The van der Waals surface area contributed by atoms with Crippen LogP contribution in [0.25, 0.3) is 0 Å². The second kappa shape index (κ2) is 5.08. The summed E-state index contributed by atoms with van der Waals surface area (Å²) in [6.45, 7) is 7.90. The van der Waals surface area contributed by atoms with Gasteiger partial charge in [0.1, 0.15) is 5.75 Å². The minimum atomic E-state index is -0.575. The van der Waals surface area contributed by atoms with Crippen LogP contribution < -0.4 is 5.59 Å². The van der Waals surface area contributed by atoms with E-state index in [0.717, 1.165) is 5.56 Å². The molecule has 0 atom stereocenters. The van der Waals surface area contributed by atoms with Crippen LogP contribution in [0.4, 0.5) is 0 Å². The number of pyridine rings is 1. The maximum atomic E-state index is 9.56. The summed E-state index contributed by atoms with van der Waals surface area (Å²) in [6, 6.07) is 3.71. The van der Waals surface area contributed by atoms with E-state index in [1.54, 1.807) is 6.07 Å². The number of hydrogen-bond acceptors (Lipinski definition) is 5. The van der Waals surface area contributed by atoms with Gasteiger partial charge in [-0.3, -0.25) is 4.98 Å². The van der Waals surface area contributed by atoms with E-state index >= 15 is 0 Å². The summed E-state index contributed by atoms with van der Waals surface area (Å²) in [6.07, 6.45) is 2.24. The van der Waals surface area contributed by atoms with Gasteiger partial charge in [-0.25, -0.2) is 0 Å². The lowest BCUT2D eigenvalue weighted by molar-refractivity contribution is 0.00578. The molecule has 106 valence electrons. The molecule has 0 bridgehead atoms. The monoisotopic (exact) mass is 274 g/mol. The highest BCUT2D eigenvalue weighted by Crippen LogP contribution is 2.36. The summed E-state index contributed by atoms with van der Waals surface area (Å²) >= 11 is 0. The Kier molecular flexibility index (Phi) is 3.76. The Morgan fingerprint density at radius 2 is 1.90 bits per heavy atom. The number of nitriles is 1. The van der Waals surface area contributed by atoms with Crippen molar-refractivity contribution in [3.8, 4) is 11.8 Å². The van der Waals surface area contributed by atoms with E-state index in [9.17, 15) is 5.11 Å². The predicted octanol–water partition coefficient (Wildman–Crippen LogP) is 1.54. The molecule has 0 saturated carbocycles. The van der Waals surface area contributed by atoms with Gasteiger partial charge in [-0.15, -0.1) is 0 Å². The Balaban J connectivity index is 2.32. The van der Waals surface area contributed by atoms with E-state index in [2.05, 4.69) is 11.1 Å². The molecule has 1 aromatic rings. The topological polar surface area (TPSA) is 75.4 Å². The summed E-state index contributed by atoms with van der Waals surface area (Å²) in [4.78, 5) is 4.23. The third-order valence-electron chi connectivity index (χ3n) is 3.97. The molecule has 5 nitrogen and oxygen atoms in total. The first-order valence-corrected chi connectivity index (χ1v) is 6.67. The smallest absolute Gasteiger partial charge is 0.506 e. The molecular formula is C14H19BN2O3. The summed E-state index contributed by atoms with van der Waals surface area (Å²) < 4.78 is 11.9. The van der Waals surface area contributed by atoms with Crippen LogP contribution in [-0.2, 0) is 15.7 Å². The van der Waals surface area contributed by atoms with Crippen molar-refractivity contribution in [3.63, 3.8) is 0 Å². The summed E-state index contributed by atoms with van der Waals surface area (Å²) in [5.41, 5.74) is 0.537. The van der Waals surface area contributed by atoms with E-state index in [4.69, 9.17) is 14.6 Å². The molecule has 1 aliphatic rings. The van der Waals surface area contributed by atoms with Crippen molar-refractivity contribution < 1.29 is 14.4 Å². The zero-order chi connectivity index (χ0) is 15.0. The van der Waals surface area contributed by atoms with E-state index in [1.165, 1.54) is 6.20 Å². The fourth-order valence-electron chi connectivity index (χ4n) is 2.07. The van der Waals surface area contributed by atoms with Crippen LogP contribution in [0.5, 0.6) is 5.75 Å². The third kappa shape index (κ3) is 2.65. The zero-order valence-electron chi connectivity index (χ0n) is 12.3. The van der Waals surface area contributed by atoms with Crippen LogP contribution in [0.3, 0.4) is 0 Å². The Morgan fingerprint density at radius 3 is 2.45 bits per heavy atom. The van der Waals surface area contributed by atoms with Crippen LogP contribution in [0, 0.1) is 11.3 Å². The number of nitrogens with zero attached hydrogens (tertiary/aromatic N) is 2. The molecule has 20 heavy (non-hydrogen) atoms. The lowest BCUT2D eigenvalue weighted by Crippen LogP contribution is -2.41. The van der Waals surface area contributed by atoms with Gasteiger partial charge in [0.15, 0.2) is 0 Å². The molecule has 0 aromatic carbocycles. The standard InChI is InChI=1S/C14H19BN2O3/c1-13(2)14(3,4)20-15(19-13)12-10(6-5-7-16)8-11(18)9-17-12/h8-9,18H,5-6H2,1-4H3. The van der Waals surface area contributed by atoms with E-state index in [0.29, 0.717) is 18.4 Å². The quantitative estimate of drug-likeness (QED) is 0.846. The first kappa shape index (κ1) is 14.8. The van der Waals surface area contributed by atoms with Crippen LogP contribution in [-0.4, -0.2) is 28.4 Å². The van der Waals surface area contributed by atoms with Crippen molar-refractivity contribution in [1.82, 2.24) is 4.98 Å². The number of rotatable bonds is 3. The van der Waals surface area contributed by atoms with Gasteiger partial charge >= 0.3 is 7.12 Å². The van der Waals surface area contributed by atoms with Crippen molar-refractivity contribution in [3.05, 3.63) is 17.8 Å². The highest BCUT2D eigenvalue weighted by atomic mass is 16.7. The summed E-state index contributed by atoms with van der Waals surface area (Å²) in [7, 11) is -0.575. The Bertz CT molecular complexity index is 536. The summed E-state index contributed by atoms with van der Waals surface area (Å²) in [5.74, 6) is 0.0817. The predicted molar refractivity (Wildman–Crippen MR) is 75.6 cm³/mol. The molecule has 2 rings (SSSR count). The Hall–Kier alpha value is -1.58. The van der Waals surface area contributed by atoms with Crippen LogP contribution >= 0.6 is 0 Å². The molecule has 6 heteroatoms. The van der Waals surface area contributed by atoms with E-state index < -0.39 is 18.3 Å². The van der Waals surface area contributed by atoms with E-state index in [1.807, 2.05) is 27.7 Å². The number of hydrogen-bond donors (Lipinski definition) is 1. The molecule has 1 N–H and O–H groups in total. The molecule has 1 aliphatic heterocycles. The average Bonchev–Trinajstić information content (AvgIpc) is 2.55. The van der Waals surface area contributed by atoms with Gasteiger partial charge in [0.05, 0.1) is 29.1 Å². The number of aryl methyl sites for hydroxylation is 1. The second-order valence-electron chi connectivity index (χ2n) is 5.98. The molecular weight excluding hydrogens is 255 g/mol. The normalized spacial score (nSPS) is 19.9. The van der Waals surface area contributed by atoms with Crippen molar-refractivity contribution in [1.29, 1.82) is 5.26 Å². The zero-order valence-corrected chi connectivity index (χ0v) is 12.3. The molecule has 1 aromatic heterocycles. The molecule has 0 radical (unpaired) electrons. The largest absolute Gasteiger partial charge is 0.514 e. The van der Waals surface area contributed by atoms with Crippen LogP contribution in [0.1, 0.15) is 39.7 Å². The number of aromatic nitrogens is 1. The van der Waals surface area contributed by atoms with Gasteiger partial charge in [-0.1, -0.05) is 0 Å². The van der Waals surface area contributed by atoms with Gasteiger partial charge in [0, 0.05) is 6.42 Å². The maximum Gasteiger partial charge on any atom is 0.514 e. The van der Waals surface area contributed by atoms with Crippen molar-refractivity contribution in [2.75, 3.05) is 0 Å². The lowest BCUT2D eigenvalue weighted by atomic mass is 9.80. The van der Waals surface area contributed by atoms with Gasteiger partial charge in [0.2, 0.25) is 0 Å². The van der Waals surface area contributed by atoms with Crippen molar-refractivity contribution in [2.24, 2.45) is 0 Å². The minimum absolute atomic E-state index is 0.0817. The van der Waals surface area contributed by atoms with Gasteiger partial charge in [-0.05, 0) is 45.7 Å². The lowest BCUT2D eigenvalue weighted by Gasteiger charge is -2.32.